The minimum absolute atomic E-state index is 0.225. The number of rotatable bonds is 6. The molecule has 0 saturated carbocycles. The molecule has 1 aliphatic rings. The van der Waals surface area contributed by atoms with E-state index in [1.165, 1.54) is 0 Å². The van der Waals surface area contributed by atoms with E-state index in [1.807, 2.05) is 38.1 Å². The molecule has 130 valence electrons. The Balaban J connectivity index is 2.32. The third-order valence-electron chi connectivity index (χ3n) is 4.65. The lowest BCUT2D eigenvalue weighted by molar-refractivity contribution is -0.143. The molecule has 5 heteroatoms. The average Bonchev–Trinajstić information content (AvgIpc) is 2.59. The predicted molar refractivity (Wildman–Crippen MR) is 91.9 cm³/mol. The molecular formula is C19H25NO4. The summed E-state index contributed by atoms with van der Waals surface area (Å²) in [5.41, 5.74) is 1.27. The van der Waals surface area contributed by atoms with E-state index in [-0.39, 0.29) is 12.3 Å². The van der Waals surface area contributed by atoms with Crippen LogP contribution >= 0.6 is 0 Å². The van der Waals surface area contributed by atoms with Gasteiger partial charge >= 0.3 is 5.97 Å². The monoisotopic (exact) mass is 331 g/mol. The van der Waals surface area contributed by atoms with E-state index in [2.05, 4.69) is 5.32 Å². The van der Waals surface area contributed by atoms with E-state index in [9.17, 15) is 14.7 Å². The molecule has 1 heterocycles. The molecule has 1 atom stereocenters. The van der Waals surface area contributed by atoms with Gasteiger partial charge in [0.1, 0.15) is 6.04 Å². The number of carboxylic acids is 1. The van der Waals surface area contributed by atoms with Gasteiger partial charge < -0.3 is 15.2 Å². The van der Waals surface area contributed by atoms with Crippen LogP contribution in [0.3, 0.4) is 0 Å². The van der Waals surface area contributed by atoms with Crippen molar-refractivity contribution in [1.29, 1.82) is 0 Å². The summed E-state index contributed by atoms with van der Waals surface area (Å²) in [5.74, 6) is -1.24. The van der Waals surface area contributed by atoms with Crippen LogP contribution in [0.5, 0.6) is 0 Å². The SMILES string of the molecule is C/C=C/CC(NC(=O)C1(c2ccccc2C)CCOCC1)C(=O)O. The van der Waals surface area contributed by atoms with Gasteiger partial charge in [-0.25, -0.2) is 4.79 Å². The van der Waals surface area contributed by atoms with Gasteiger partial charge in [-0.15, -0.1) is 0 Å². The van der Waals surface area contributed by atoms with Crippen LogP contribution in [0.25, 0.3) is 0 Å². The van der Waals surface area contributed by atoms with Crippen LogP contribution in [0.2, 0.25) is 0 Å². The Kier molecular flexibility index (Phi) is 6.15. The zero-order valence-electron chi connectivity index (χ0n) is 14.2. The van der Waals surface area contributed by atoms with Gasteiger partial charge in [0.25, 0.3) is 0 Å². The van der Waals surface area contributed by atoms with Crippen molar-refractivity contribution in [3.63, 3.8) is 0 Å². The van der Waals surface area contributed by atoms with Crippen LogP contribution in [-0.2, 0) is 19.7 Å². The molecule has 2 rings (SSSR count). The highest BCUT2D eigenvalue weighted by Crippen LogP contribution is 2.37. The molecule has 24 heavy (non-hydrogen) atoms. The van der Waals surface area contributed by atoms with Crippen molar-refractivity contribution in [3.05, 3.63) is 47.5 Å². The number of nitrogens with one attached hydrogen (secondary N) is 1. The van der Waals surface area contributed by atoms with Gasteiger partial charge in [0.2, 0.25) is 5.91 Å². The van der Waals surface area contributed by atoms with Gasteiger partial charge in [-0.05, 0) is 44.2 Å². The van der Waals surface area contributed by atoms with Crippen LogP contribution in [0.4, 0.5) is 0 Å². The molecule has 1 aliphatic heterocycles. The van der Waals surface area contributed by atoms with E-state index >= 15 is 0 Å². The topological polar surface area (TPSA) is 75.6 Å². The molecule has 1 aromatic rings. The van der Waals surface area contributed by atoms with Crippen LogP contribution < -0.4 is 5.32 Å². The summed E-state index contributed by atoms with van der Waals surface area (Å²) >= 11 is 0. The zero-order chi connectivity index (χ0) is 17.6. The Morgan fingerprint density at radius 3 is 2.58 bits per heavy atom. The quantitative estimate of drug-likeness (QED) is 0.786. The summed E-state index contributed by atoms with van der Waals surface area (Å²) in [4.78, 5) is 24.6. The molecule has 5 nitrogen and oxygen atoms in total. The number of amides is 1. The number of hydrogen-bond donors (Lipinski definition) is 2. The number of aliphatic carboxylic acids is 1. The van der Waals surface area contributed by atoms with Crippen molar-refractivity contribution < 1.29 is 19.4 Å². The molecule has 0 aliphatic carbocycles. The molecule has 0 radical (unpaired) electrons. The molecule has 1 unspecified atom stereocenters. The fourth-order valence-electron chi connectivity index (χ4n) is 3.24. The maximum atomic E-state index is 13.1. The lowest BCUT2D eigenvalue weighted by Gasteiger charge is -2.38. The Morgan fingerprint density at radius 1 is 1.33 bits per heavy atom. The second-order valence-electron chi connectivity index (χ2n) is 6.18. The van der Waals surface area contributed by atoms with Gasteiger partial charge in [0.15, 0.2) is 0 Å². The summed E-state index contributed by atoms with van der Waals surface area (Å²) in [6.45, 7) is 4.80. The fraction of sp³-hybridized carbons (Fsp3) is 0.474. The second-order valence-corrected chi connectivity index (χ2v) is 6.18. The summed E-state index contributed by atoms with van der Waals surface area (Å²) < 4.78 is 5.45. The maximum absolute atomic E-state index is 13.1. The first kappa shape index (κ1) is 18.2. The Hall–Kier alpha value is -2.14. The highest BCUT2D eigenvalue weighted by atomic mass is 16.5. The predicted octanol–water partition coefficient (Wildman–Crippen LogP) is 2.58. The van der Waals surface area contributed by atoms with Crippen molar-refractivity contribution in [1.82, 2.24) is 5.32 Å². The van der Waals surface area contributed by atoms with E-state index < -0.39 is 17.4 Å². The van der Waals surface area contributed by atoms with E-state index in [4.69, 9.17) is 4.74 Å². The molecule has 0 aromatic heterocycles. The smallest absolute Gasteiger partial charge is 0.326 e. The Labute approximate surface area is 142 Å². The van der Waals surface area contributed by atoms with Crippen LogP contribution in [0, 0.1) is 6.92 Å². The summed E-state index contributed by atoms with van der Waals surface area (Å²) in [6, 6.07) is 6.88. The molecule has 2 N–H and O–H groups in total. The zero-order valence-corrected chi connectivity index (χ0v) is 14.2. The third kappa shape index (κ3) is 3.85. The maximum Gasteiger partial charge on any atom is 0.326 e. The van der Waals surface area contributed by atoms with Crippen molar-refractivity contribution in [2.75, 3.05) is 13.2 Å². The lowest BCUT2D eigenvalue weighted by atomic mass is 9.71. The number of carboxylic acid groups (broad SMARTS) is 1. The van der Waals surface area contributed by atoms with E-state index in [0.717, 1.165) is 11.1 Å². The summed E-state index contributed by atoms with van der Waals surface area (Å²) in [5, 5.41) is 12.1. The minimum Gasteiger partial charge on any atom is -0.480 e. The van der Waals surface area contributed by atoms with Crippen molar-refractivity contribution in [2.45, 2.75) is 44.6 Å². The summed E-state index contributed by atoms with van der Waals surface area (Å²) in [6.07, 6.45) is 4.92. The second kappa shape index (κ2) is 8.11. The number of aryl methyl sites for hydroxylation is 1. The normalized spacial score (nSPS) is 18.2. The minimum atomic E-state index is -1.02. The first-order valence-corrected chi connectivity index (χ1v) is 8.30. The Bertz CT molecular complexity index is 618. The van der Waals surface area contributed by atoms with E-state index in [0.29, 0.717) is 26.1 Å². The van der Waals surface area contributed by atoms with E-state index in [1.54, 1.807) is 12.2 Å². The molecular weight excluding hydrogens is 306 g/mol. The highest BCUT2D eigenvalue weighted by Gasteiger charge is 2.43. The molecule has 1 saturated heterocycles. The van der Waals surface area contributed by atoms with Gasteiger partial charge in [-0.2, -0.15) is 0 Å². The van der Waals surface area contributed by atoms with Gasteiger partial charge in [-0.3, -0.25) is 4.79 Å². The molecule has 0 bridgehead atoms. The number of ether oxygens (including phenoxy) is 1. The lowest BCUT2D eigenvalue weighted by Crippen LogP contribution is -2.53. The van der Waals surface area contributed by atoms with Crippen LogP contribution in [0.15, 0.2) is 36.4 Å². The first-order chi connectivity index (χ1) is 11.5. The fourth-order valence-corrected chi connectivity index (χ4v) is 3.24. The van der Waals surface area contributed by atoms with Crippen molar-refractivity contribution in [2.24, 2.45) is 0 Å². The summed E-state index contributed by atoms with van der Waals surface area (Å²) in [7, 11) is 0. The molecule has 0 spiro atoms. The molecule has 1 fully saturated rings. The number of carbonyl (C=O) groups is 2. The van der Waals surface area contributed by atoms with Crippen molar-refractivity contribution in [3.8, 4) is 0 Å². The number of benzene rings is 1. The first-order valence-electron chi connectivity index (χ1n) is 8.30. The molecule has 1 amide bonds. The average molecular weight is 331 g/mol. The Morgan fingerprint density at radius 2 is 2.00 bits per heavy atom. The third-order valence-corrected chi connectivity index (χ3v) is 4.65. The largest absolute Gasteiger partial charge is 0.480 e. The highest BCUT2D eigenvalue weighted by molar-refractivity contribution is 5.92. The standard InChI is InChI=1S/C19H25NO4/c1-3-4-9-16(17(21)22)20-18(23)19(10-12-24-13-11-19)15-8-6-5-7-14(15)2/h3-8,16H,9-13H2,1-2H3,(H,20,23)(H,21,22)/b4-3+. The number of allylic oxidation sites excluding steroid dienone is 1. The number of hydrogen-bond acceptors (Lipinski definition) is 3. The van der Waals surface area contributed by atoms with Crippen LogP contribution in [0.1, 0.15) is 37.3 Å². The van der Waals surface area contributed by atoms with Gasteiger partial charge in [-0.1, -0.05) is 36.4 Å². The van der Waals surface area contributed by atoms with Gasteiger partial charge in [0.05, 0.1) is 5.41 Å². The van der Waals surface area contributed by atoms with Crippen molar-refractivity contribution >= 4 is 11.9 Å². The molecule has 1 aromatic carbocycles. The van der Waals surface area contributed by atoms with Crippen LogP contribution in [-0.4, -0.2) is 36.2 Å². The number of carbonyl (C=O) groups excluding carboxylic acids is 1. The van der Waals surface area contributed by atoms with Gasteiger partial charge in [0, 0.05) is 13.2 Å².